The van der Waals surface area contributed by atoms with Gasteiger partial charge in [0.25, 0.3) is 5.91 Å². The molecule has 0 unspecified atom stereocenters. The highest BCUT2D eigenvalue weighted by molar-refractivity contribution is 7.17. The van der Waals surface area contributed by atoms with Crippen molar-refractivity contribution in [1.29, 1.82) is 0 Å². The quantitative estimate of drug-likeness (QED) is 0.529. The van der Waals surface area contributed by atoms with E-state index in [9.17, 15) is 9.59 Å². The smallest absolute Gasteiger partial charge is 0.255 e. The molecule has 0 fully saturated rings. The summed E-state index contributed by atoms with van der Waals surface area (Å²) in [5, 5.41) is 2.87. The van der Waals surface area contributed by atoms with Crippen LogP contribution in [0.5, 0.6) is 5.75 Å². The van der Waals surface area contributed by atoms with Gasteiger partial charge in [-0.05, 0) is 39.3 Å². The topological polar surface area (TPSA) is 75.9 Å². The van der Waals surface area contributed by atoms with Crippen molar-refractivity contribution >= 4 is 28.1 Å². The van der Waals surface area contributed by atoms with E-state index in [-0.39, 0.29) is 11.8 Å². The number of para-hydroxylation sites is 1. The number of hydrogen-bond donors (Lipinski definition) is 1. The summed E-state index contributed by atoms with van der Waals surface area (Å²) in [4.78, 5) is 33.4. The minimum atomic E-state index is -0.190. The van der Waals surface area contributed by atoms with E-state index in [1.54, 1.807) is 41.5 Å². The molecule has 8 heteroatoms. The van der Waals surface area contributed by atoms with Crippen LogP contribution in [0.3, 0.4) is 0 Å². The average Bonchev–Trinajstić information content (AvgIpc) is 3.21. The molecule has 0 aliphatic heterocycles. The Kier molecular flexibility index (Phi) is 7.10. The lowest BCUT2D eigenvalue weighted by molar-refractivity contribution is -0.130. The van der Waals surface area contributed by atoms with E-state index < -0.39 is 0 Å². The molecule has 0 atom stereocenters. The van der Waals surface area contributed by atoms with Gasteiger partial charge >= 0.3 is 0 Å². The van der Waals surface area contributed by atoms with E-state index in [4.69, 9.17) is 4.74 Å². The van der Waals surface area contributed by atoms with Crippen molar-refractivity contribution in [2.75, 3.05) is 20.2 Å². The maximum atomic E-state index is 12.5. The number of imidazole rings is 1. The van der Waals surface area contributed by atoms with Crippen LogP contribution in [0.25, 0.3) is 4.96 Å². The number of rotatable bonds is 9. The normalized spacial score (nSPS) is 10.9. The van der Waals surface area contributed by atoms with Crippen LogP contribution in [0.1, 0.15) is 46.4 Å². The summed E-state index contributed by atoms with van der Waals surface area (Å²) in [7, 11) is 1.80. The fourth-order valence-corrected chi connectivity index (χ4v) is 4.17. The number of carbonyl (C=O) groups is 2. The number of benzene rings is 1. The molecule has 0 aliphatic carbocycles. The predicted molar refractivity (Wildman–Crippen MR) is 118 cm³/mol. The number of nitrogens with zero attached hydrogens (tertiary/aromatic N) is 3. The Hall–Kier alpha value is -2.87. The summed E-state index contributed by atoms with van der Waals surface area (Å²) in [5.74, 6) is 0.421. The minimum absolute atomic E-state index is 0.0419. The van der Waals surface area contributed by atoms with Crippen LogP contribution in [0.4, 0.5) is 0 Å². The van der Waals surface area contributed by atoms with E-state index >= 15 is 0 Å². The summed E-state index contributed by atoms with van der Waals surface area (Å²) in [6.07, 6.45) is 3.00. The first kappa shape index (κ1) is 21.8. The van der Waals surface area contributed by atoms with Crippen LogP contribution < -0.4 is 10.1 Å². The van der Waals surface area contributed by atoms with Gasteiger partial charge in [-0.25, -0.2) is 4.98 Å². The second kappa shape index (κ2) is 9.75. The van der Waals surface area contributed by atoms with Crippen LogP contribution in [-0.4, -0.2) is 46.3 Å². The van der Waals surface area contributed by atoms with Gasteiger partial charge in [-0.15, -0.1) is 11.3 Å². The van der Waals surface area contributed by atoms with E-state index in [2.05, 4.69) is 20.9 Å². The third kappa shape index (κ3) is 4.99. The summed E-state index contributed by atoms with van der Waals surface area (Å²) in [5.41, 5.74) is 2.49. The molecular formula is C22H28N4O3S. The van der Waals surface area contributed by atoms with Crippen molar-refractivity contribution in [1.82, 2.24) is 19.6 Å². The largest absolute Gasteiger partial charge is 0.493 e. The highest BCUT2D eigenvalue weighted by Gasteiger charge is 2.16. The Morgan fingerprint density at radius 3 is 2.80 bits per heavy atom. The van der Waals surface area contributed by atoms with Crippen LogP contribution in [-0.2, 0) is 11.3 Å². The zero-order valence-electron chi connectivity index (χ0n) is 17.9. The van der Waals surface area contributed by atoms with Crippen molar-refractivity contribution in [3.8, 4) is 5.75 Å². The maximum absolute atomic E-state index is 12.5. The molecule has 0 aliphatic rings. The van der Waals surface area contributed by atoms with Gasteiger partial charge in [0.2, 0.25) is 5.91 Å². The molecular weight excluding hydrogens is 400 g/mol. The number of nitrogens with one attached hydrogen (secondary N) is 1. The first-order valence-corrected chi connectivity index (χ1v) is 10.9. The van der Waals surface area contributed by atoms with Gasteiger partial charge in [-0.1, -0.05) is 12.1 Å². The number of fused-ring (bicyclic) bond motifs is 1. The molecule has 3 aromatic rings. The number of carbonyl (C=O) groups excluding carboxylic acids is 2. The molecule has 0 saturated heterocycles. The molecule has 1 aromatic carbocycles. The molecule has 1 N–H and O–H groups in total. The highest BCUT2D eigenvalue weighted by atomic mass is 32.1. The number of hydrogen-bond acceptors (Lipinski definition) is 5. The maximum Gasteiger partial charge on any atom is 0.255 e. The van der Waals surface area contributed by atoms with Crippen molar-refractivity contribution in [2.45, 2.75) is 40.2 Å². The predicted octanol–water partition coefficient (Wildman–Crippen LogP) is 3.58. The fourth-order valence-electron chi connectivity index (χ4n) is 3.28. The monoisotopic (exact) mass is 428 g/mol. The third-order valence-corrected chi connectivity index (χ3v) is 5.74. The first-order valence-electron chi connectivity index (χ1n) is 10.1. The second-order valence-electron chi connectivity index (χ2n) is 7.18. The SMILES string of the molecule is CCOc1ccccc1C(=O)NCCCC(=O)N(C)Cc1c(C)nc2sc(C)cn12. The molecule has 0 spiro atoms. The van der Waals surface area contributed by atoms with Gasteiger partial charge in [0.05, 0.1) is 30.1 Å². The number of thiazole rings is 1. The zero-order chi connectivity index (χ0) is 21.7. The summed E-state index contributed by atoms with van der Waals surface area (Å²) in [6.45, 7) is 7.34. The molecule has 3 rings (SSSR count). The van der Waals surface area contributed by atoms with E-state index in [0.717, 1.165) is 16.3 Å². The first-order chi connectivity index (χ1) is 14.4. The number of ether oxygens (including phenoxy) is 1. The van der Waals surface area contributed by atoms with E-state index in [1.165, 1.54) is 4.88 Å². The molecule has 7 nitrogen and oxygen atoms in total. The van der Waals surface area contributed by atoms with Crippen LogP contribution >= 0.6 is 11.3 Å². The van der Waals surface area contributed by atoms with Crippen molar-refractivity contribution in [2.24, 2.45) is 0 Å². The summed E-state index contributed by atoms with van der Waals surface area (Å²) >= 11 is 1.64. The summed E-state index contributed by atoms with van der Waals surface area (Å²) < 4.78 is 7.56. The lowest BCUT2D eigenvalue weighted by Gasteiger charge is -2.17. The van der Waals surface area contributed by atoms with Crippen molar-refractivity contribution in [3.05, 3.63) is 52.3 Å². The zero-order valence-corrected chi connectivity index (χ0v) is 18.7. The molecule has 2 aromatic heterocycles. The molecule has 0 radical (unpaired) electrons. The van der Waals surface area contributed by atoms with Gasteiger partial charge in [0.1, 0.15) is 5.75 Å². The number of aromatic nitrogens is 2. The van der Waals surface area contributed by atoms with Crippen LogP contribution in [0.15, 0.2) is 30.5 Å². The lowest BCUT2D eigenvalue weighted by Crippen LogP contribution is -2.29. The molecule has 0 bridgehead atoms. The van der Waals surface area contributed by atoms with E-state index in [1.807, 2.05) is 26.8 Å². The highest BCUT2D eigenvalue weighted by Crippen LogP contribution is 2.22. The minimum Gasteiger partial charge on any atom is -0.493 e. The number of amides is 2. The van der Waals surface area contributed by atoms with Crippen molar-refractivity contribution < 1.29 is 14.3 Å². The average molecular weight is 429 g/mol. The summed E-state index contributed by atoms with van der Waals surface area (Å²) in [6, 6.07) is 7.16. The molecule has 30 heavy (non-hydrogen) atoms. The lowest BCUT2D eigenvalue weighted by atomic mass is 10.2. The Morgan fingerprint density at radius 2 is 2.03 bits per heavy atom. The van der Waals surface area contributed by atoms with Gasteiger partial charge in [0.15, 0.2) is 4.96 Å². The Labute approximate surface area is 180 Å². The third-order valence-electron chi connectivity index (χ3n) is 4.84. The fraction of sp³-hybridized carbons (Fsp3) is 0.409. The second-order valence-corrected chi connectivity index (χ2v) is 8.39. The Balaban J connectivity index is 1.48. The van der Waals surface area contributed by atoms with Crippen LogP contribution in [0.2, 0.25) is 0 Å². The van der Waals surface area contributed by atoms with Crippen molar-refractivity contribution in [3.63, 3.8) is 0 Å². The molecule has 2 heterocycles. The molecule has 160 valence electrons. The number of aryl methyl sites for hydroxylation is 2. The van der Waals surface area contributed by atoms with Crippen LogP contribution in [0, 0.1) is 13.8 Å². The van der Waals surface area contributed by atoms with Gasteiger partial charge in [0, 0.05) is 31.1 Å². The van der Waals surface area contributed by atoms with E-state index in [0.29, 0.717) is 43.9 Å². The van der Waals surface area contributed by atoms with Gasteiger partial charge in [-0.2, -0.15) is 0 Å². The Bertz CT molecular complexity index is 1040. The Morgan fingerprint density at radius 1 is 1.27 bits per heavy atom. The molecule has 2 amide bonds. The van der Waals surface area contributed by atoms with Gasteiger partial charge < -0.3 is 15.0 Å². The standard InChI is InChI=1S/C22H28N4O3S/c1-5-29-19-10-7-6-9-17(19)21(28)23-12-8-11-20(27)25(4)14-18-16(3)24-22-26(18)13-15(2)30-22/h6-7,9-10,13H,5,8,11-12,14H2,1-4H3,(H,23,28). The van der Waals surface area contributed by atoms with Gasteiger partial charge in [-0.3, -0.25) is 14.0 Å². The molecule has 0 saturated carbocycles.